The first-order valence-corrected chi connectivity index (χ1v) is 6.84. The van der Waals surface area contributed by atoms with Crippen LogP contribution in [-0.2, 0) is 4.79 Å². The Morgan fingerprint density at radius 1 is 1.30 bits per heavy atom. The van der Waals surface area contributed by atoms with Crippen molar-refractivity contribution in [2.45, 2.75) is 32.7 Å². The third-order valence-electron chi connectivity index (χ3n) is 3.71. The van der Waals surface area contributed by atoms with Crippen LogP contribution in [0.5, 0.6) is 0 Å². The third kappa shape index (κ3) is 3.07. The molecule has 0 unspecified atom stereocenters. The molecular weight excluding hydrogens is 252 g/mol. The highest BCUT2D eigenvalue weighted by Crippen LogP contribution is 2.22. The second kappa shape index (κ2) is 5.90. The summed E-state index contributed by atoms with van der Waals surface area (Å²) in [7, 11) is 0. The average Bonchev–Trinajstić information content (AvgIpc) is 2.88. The number of hydrogen-bond acceptors (Lipinski definition) is 3. The molecule has 1 fully saturated rings. The molecule has 1 aliphatic rings. The zero-order valence-corrected chi connectivity index (χ0v) is 11.9. The van der Waals surface area contributed by atoms with Gasteiger partial charge in [-0.2, -0.15) is 0 Å². The summed E-state index contributed by atoms with van der Waals surface area (Å²) in [5, 5.41) is 0. The van der Waals surface area contributed by atoms with E-state index >= 15 is 0 Å². The molecule has 4 heteroatoms. The summed E-state index contributed by atoms with van der Waals surface area (Å²) < 4.78 is 0. The van der Waals surface area contributed by atoms with Gasteiger partial charge in [-0.05, 0) is 26.7 Å². The number of aryl methyl sites for hydroxylation is 1. The fourth-order valence-electron chi connectivity index (χ4n) is 2.56. The summed E-state index contributed by atoms with van der Waals surface area (Å²) >= 11 is 0. The molecule has 106 valence electrons. The van der Waals surface area contributed by atoms with Crippen molar-refractivity contribution in [3.8, 4) is 0 Å². The predicted molar refractivity (Wildman–Crippen MR) is 78.2 cm³/mol. The van der Waals surface area contributed by atoms with Crippen LogP contribution in [0.2, 0.25) is 0 Å². The number of nitrogens with zero attached hydrogens (tertiary/aromatic N) is 1. The van der Waals surface area contributed by atoms with Crippen molar-refractivity contribution in [3.05, 3.63) is 47.2 Å². The molecule has 2 N–H and O–H groups in total. The lowest BCUT2D eigenvalue weighted by Gasteiger charge is -2.24. The van der Waals surface area contributed by atoms with E-state index in [0.717, 1.165) is 30.6 Å². The number of nitrogens with two attached hydrogens (primary N) is 1. The summed E-state index contributed by atoms with van der Waals surface area (Å²) in [6, 6.07) is 7.18. The van der Waals surface area contributed by atoms with E-state index in [4.69, 9.17) is 5.73 Å². The Morgan fingerprint density at radius 2 is 1.95 bits per heavy atom. The van der Waals surface area contributed by atoms with E-state index in [9.17, 15) is 9.59 Å². The van der Waals surface area contributed by atoms with E-state index in [-0.39, 0.29) is 17.7 Å². The standard InChI is InChI=1S/C16H20N2O2/c1-11-5-7-13(8-6-11)15(19)10-12(2)18-9-3-4-14(18)16(17)20/h5-8,10,14H,3-4,9H2,1-2H3,(H2,17,20)/b12-10-/t14-/m0/s1. The number of carbonyl (C=O) groups excluding carboxylic acids is 2. The fraction of sp³-hybridized carbons (Fsp3) is 0.375. The number of benzene rings is 1. The number of ketones is 1. The Labute approximate surface area is 119 Å². The van der Waals surface area contributed by atoms with E-state index in [2.05, 4.69) is 0 Å². The molecule has 1 aromatic carbocycles. The topological polar surface area (TPSA) is 63.4 Å². The van der Waals surface area contributed by atoms with Gasteiger partial charge in [0.2, 0.25) is 5.91 Å². The molecule has 1 atom stereocenters. The quantitative estimate of drug-likeness (QED) is 0.674. The number of amides is 1. The second-order valence-corrected chi connectivity index (χ2v) is 5.27. The van der Waals surface area contributed by atoms with Crippen molar-refractivity contribution in [2.75, 3.05) is 6.54 Å². The minimum absolute atomic E-state index is 0.0439. The van der Waals surface area contributed by atoms with Crippen LogP contribution in [0.25, 0.3) is 0 Å². The van der Waals surface area contributed by atoms with Gasteiger partial charge in [0.15, 0.2) is 5.78 Å². The summed E-state index contributed by atoms with van der Waals surface area (Å²) in [5.74, 6) is -0.365. The SMILES string of the molecule is C/C(=C/C(=O)c1ccc(C)cc1)N1CCC[C@H]1C(N)=O. The number of primary amides is 1. The van der Waals surface area contributed by atoms with E-state index in [0.29, 0.717) is 5.56 Å². The molecule has 0 spiro atoms. The Kier molecular flexibility index (Phi) is 4.23. The average molecular weight is 272 g/mol. The number of rotatable bonds is 4. The first-order chi connectivity index (χ1) is 9.49. The van der Waals surface area contributed by atoms with Crippen molar-refractivity contribution >= 4 is 11.7 Å². The van der Waals surface area contributed by atoms with E-state index in [1.807, 2.05) is 43.0 Å². The maximum Gasteiger partial charge on any atom is 0.240 e. The number of carbonyl (C=O) groups is 2. The van der Waals surface area contributed by atoms with Gasteiger partial charge in [-0.3, -0.25) is 9.59 Å². The molecule has 0 aliphatic carbocycles. The number of hydrogen-bond donors (Lipinski definition) is 1. The molecule has 0 aromatic heterocycles. The molecule has 1 aliphatic heterocycles. The Hall–Kier alpha value is -2.10. The highest BCUT2D eigenvalue weighted by atomic mass is 16.1. The molecule has 4 nitrogen and oxygen atoms in total. The van der Waals surface area contributed by atoms with Crippen molar-refractivity contribution in [1.82, 2.24) is 4.90 Å². The van der Waals surface area contributed by atoms with Gasteiger partial charge in [0.05, 0.1) is 0 Å². The van der Waals surface area contributed by atoms with Gasteiger partial charge in [0, 0.05) is 23.9 Å². The van der Waals surface area contributed by atoms with Gasteiger partial charge >= 0.3 is 0 Å². The van der Waals surface area contributed by atoms with Crippen LogP contribution in [0.3, 0.4) is 0 Å². The maximum absolute atomic E-state index is 12.2. The van der Waals surface area contributed by atoms with Gasteiger partial charge in [0.25, 0.3) is 0 Å². The lowest BCUT2D eigenvalue weighted by atomic mass is 10.1. The van der Waals surface area contributed by atoms with Crippen LogP contribution in [0.4, 0.5) is 0 Å². The number of likely N-dealkylation sites (tertiary alicyclic amines) is 1. The monoisotopic (exact) mass is 272 g/mol. The van der Waals surface area contributed by atoms with E-state index < -0.39 is 0 Å². The lowest BCUT2D eigenvalue weighted by molar-refractivity contribution is -0.121. The Bertz CT molecular complexity index is 546. The van der Waals surface area contributed by atoms with Crippen LogP contribution < -0.4 is 5.73 Å². The minimum atomic E-state index is -0.321. The highest BCUT2D eigenvalue weighted by Gasteiger charge is 2.29. The van der Waals surface area contributed by atoms with Crippen molar-refractivity contribution in [3.63, 3.8) is 0 Å². The van der Waals surface area contributed by atoms with Crippen molar-refractivity contribution in [1.29, 1.82) is 0 Å². The molecule has 20 heavy (non-hydrogen) atoms. The highest BCUT2D eigenvalue weighted by molar-refractivity contribution is 6.04. The molecule has 1 saturated heterocycles. The molecule has 1 heterocycles. The minimum Gasteiger partial charge on any atom is -0.368 e. The predicted octanol–water partition coefficient (Wildman–Crippen LogP) is 2.03. The molecule has 0 radical (unpaired) electrons. The van der Waals surface area contributed by atoms with E-state index in [1.165, 1.54) is 0 Å². The van der Waals surface area contributed by atoms with E-state index in [1.54, 1.807) is 6.08 Å². The van der Waals surface area contributed by atoms with Crippen molar-refractivity contribution < 1.29 is 9.59 Å². The summed E-state index contributed by atoms with van der Waals surface area (Å²) in [6.45, 7) is 4.61. The zero-order chi connectivity index (χ0) is 14.7. The summed E-state index contributed by atoms with van der Waals surface area (Å²) in [5.41, 5.74) is 7.97. The van der Waals surface area contributed by atoms with Crippen LogP contribution >= 0.6 is 0 Å². The zero-order valence-electron chi connectivity index (χ0n) is 11.9. The van der Waals surface area contributed by atoms with Gasteiger partial charge in [-0.15, -0.1) is 0 Å². The van der Waals surface area contributed by atoms with Gasteiger partial charge < -0.3 is 10.6 Å². The first kappa shape index (κ1) is 14.3. The molecule has 0 saturated carbocycles. The van der Waals surface area contributed by atoms with Crippen LogP contribution in [-0.4, -0.2) is 29.2 Å². The molecule has 1 aromatic rings. The van der Waals surface area contributed by atoms with Crippen LogP contribution in [0.1, 0.15) is 35.7 Å². The molecule has 1 amide bonds. The fourth-order valence-corrected chi connectivity index (χ4v) is 2.56. The Balaban J connectivity index is 2.15. The molecule has 2 rings (SSSR count). The summed E-state index contributed by atoms with van der Waals surface area (Å²) in [6.07, 6.45) is 3.28. The van der Waals surface area contributed by atoms with Crippen molar-refractivity contribution in [2.24, 2.45) is 5.73 Å². The maximum atomic E-state index is 12.2. The van der Waals surface area contributed by atoms with Crippen LogP contribution in [0, 0.1) is 6.92 Å². The largest absolute Gasteiger partial charge is 0.368 e. The Morgan fingerprint density at radius 3 is 2.55 bits per heavy atom. The second-order valence-electron chi connectivity index (χ2n) is 5.27. The van der Waals surface area contributed by atoms with Gasteiger partial charge in [-0.1, -0.05) is 29.8 Å². The third-order valence-corrected chi connectivity index (χ3v) is 3.71. The van der Waals surface area contributed by atoms with Crippen LogP contribution in [0.15, 0.2) is 36.0 Å². The molecule has 0 bridgehead atoms. The normalized spacial score (nSPS) is 19.2. The number of allylic oxidation sites excluding steroid dienone is 2. The first-order valence-electron chi connectivity index (χ1n) is 6.84. The summed E-state index contributed by atoms with van der Waals surface area (Å²) in [4.78, 5) is 25.5. The van der Waals surface area contributed by atoms with Gasteiger partial charge in [-0.25, -0.2) is 0 Å². The smallest absolute Gasteiger partial charge is 0.240 e. The lowest BCUT2D eigenvalue weighted by Crippen LogP contribution is -2.39. The van der Waals surface area contributed by atoms with Gasteiger partial charge in [0.1, 0.15) is 6.04 Å². The molecular formula is C16H20N2O2.